The van der Waals surface area contributed by atoms with Crippen LogP contribution in [-0.4, -0.2) is 44.6 Å². The molecule has 1 unspecified atom stereocenters. The van der Waals surface area contributed by atoms with Gasteiger partial charge in [-0.25, -0.2) is 9.59 Å². The number of hydrogen-bond acceptors (Lipinski definition) is 6. The molecule has 0 saturated carbocycles. The molecule has 0 saturated heterocycles. The van der Waals surface area contributed by atoms with E-state index in [1.54, 1.807) is 44.6 Å². The lowest BCUT2D eigenvalue weighted by Gasteiger charge is -2.22. The Kier molecular flexibility index (Phi) is 7.87. The van der Waals surface area contributed by atoms with E-state index >= 15 is 0 Å². The Morgan fingerprint density at radius 2 is 1.35 bits per heavy atom. The number of fused-ring (bicyclic) bond motifs is 3. The van der Waals surface area contributed by atoms with Gasteiger partial charge in [-0.15, -0.1) is 0 Å². The van der Waals surface area contributed by atoms with E-state index in [9.17, 15) is 9.59 Å². The third-order valence-corrected chi connectivity index (χ3v) is 6.89. The van der Waals surface area contributed by atoms with Gasteiger partial charge in [0.2, 0.25) is 0 Å². The summed E-state index contributed by atoms with van der Waals surface area (Å²) in [5.41, 5.74) is 6.00. The van der Waals surface area contributed by atoms with Crippen molar-refractivity contribution in [3.63, 3.8) is 0 Å². The third kappa shape index (κ3) is 5.71. The molecule has 0 spiro atoms. The van der Waals surface area contributed by atoms with Gasteiger partial charge in [-0.3, -0.25) is 0 Å². The number of aliphatic carboxylic acids is 1. The van der Waals surface area contributed by atoms with Crippen molar-refractivity contribution in [3.8, 4) is 28.4 Å². The van der Waals surface area contributed by atoms with Crippen molar-refractivity contribution in [2.75, 3.05) is 27.4 Å². The molecule has 1 aliphatic carbocycles. The van der Waals surface area contributed by atoms with E-state index in [1.807, 2.05) is 36.4 Å². The number of benzene rings is 4. The Morgan fingerprint density at radius 1 is 0.775 bits per heavy atom. The minimum absolute atomic E-state index is 0.0702. The van der Waals surface area contributed by atoms with Crippen molar-refractivity contribution in [1.82, 2.24) is 5.32 Å². The van der Waals surface area contributed by atoms with Crippen molar-refractivity contribution in [1.29, 1.82) is 0 Å². The summed E-state index contributed by atoms with van der Waals surface area (Å²) in [6.07, 6.45) is -0.583. The molecule has 4 aromatic rings. The number of carbonyl (C=O) groups excluding carboxylic acids is 1. The van der Waals surface area contributed by atoms with Gasteiger partial charge in [-0.1, -0.05) is 60.7 Å². The maximum atomic E-state index is 13.2. The Bertz CT molecular complexity index is 1450. The van der Waals surface area contributed by atoms with E-state index < -0.39 is 24.7 Å². The molecule has 0 fully saturated rings. The highest BCUT2D eigenvalue weighted by Gasteiger charge is 2.29. The summed E-state index contributed by atoms with van der Waals surface area (Å²) in [7, 11) is 3.11. The highest BCUT2D eigenvalue weighted by molar-refractivity contribution is 5.79. The summed E-state index contributed by atoms with van der Waals surface area (Å²) >= 11 is 0. The lowest BCUT2D eigenvalue weighted by atomic mass is 9.98. The van der Waals surface area contributed by atoms with Gasteiger partial charge in [0.1, 0.15) is 23.9 Å². The Morgan fingerprint density at radius 3 is 1.90 bits per heavy atom. The Balaban J connectivity index is 1.38. The molecule has 0 radical (unpaired) electrons. The molecule has 0 aromatic heterocycles. The van der Waals surface area contributed by atoms with Crippen LogP contribution in [0.4, 0.5) is 4.79 Å². The molecule has 204 valence electrons. The first-order chi connectivity index (χ1) is 19.5. The molecule has 0 heterocycles. The van der Waals surface area contributed by atoms with Gasteiger partial charge >= 0.3 is 12.1 Å². The smallest absolute Gasteiger partial charge is 0.407 e. The fraction of sp³-hybridized carbons (Fsp3) is 0.188. The normalized spacial score (nSPS) is 12.6. The van der Waals surface area contributed by atoms with E-state index in [0.717, 1.165) is 27.8 Å². The maximum Gasteiger partial charge on any atom is 0.407 e. The van der Waals surface area contributed by atoms with E-state index in [-0.39, 0.29) is 12.5 Å². The van der Waals surface area contributed by atoms with Crippen molar-refractivity contribution in [2.24, 2.45) is 0 Å². The second-order valence-electron chi connectivity index (χ2n) is 9.30. The van der Waals surface area contributed by atoms with Crippen molar-refractivity contribution in [3.05, 3.63) is 113 Å². The zero-order valence-corrected chi connectivity index (χ0v) is 22.1. The predicted octanol–water partition coefficient (Wildman–Crippen LogP) is 5.80. The number of nitrogens with one attached hydrogen (secondary N) is 1. The number of carboxylic acid groups (broad SMARTS) is 1. The molecule has 1 amide bonds. The van der Waals surface area contributed by atoms with Crippen LogP contribution in [0.3, 0.4) is 0 Å². The van der Waals surface area contributed by atoms with Crippen LogP contribution in [0.25, 0.3) is 11.1 Å². The standard InChI is InChI=1S/C32H29NO7/c1-37-23-15-21(16-24(17-23)38-2)31(20-11-13-22(14-12-20)39-19-30(34)35)33-32(36)40-18-29-27-9-5-3-7-25(27)26-8-4-6-10-28(26)29/h3-17,29,31H,18-19H2,1-2H3,(H,33,36)(H,34,35). The minimum atomic E-state index is -1.07. The first kappa shape index (κ1) is 26.6. The second-order valence-corrected chi connectivity index (χ2v) is 9.30. The minimum Gasteiger partial charge on any atom is -0.497 e. The van der Waals surface area contributed by atoms with Gasteiger partial charge in [-0.05, 0) is 57.6 Å². The first-order valence-electron chi connectivity index (χ1n) is 12.8. The highest BCUT2D eigenvalue weighted by atomic mass is 16.5. The Hall–Kier alpha value is -4.98. The van der Waals surface area contributed by atoms with Crippen LogP contribution in [0, 0.1) is 0 Å². The summed E-state index contributed by atoms with van der Waals surface area (Å²) < 4.78 is 22.0. The lowest BCUT2D eigenvalue weighted by Crippen LogP contribution is -2.31. The lowest BCUT2D eigenvalue weighted by molar-refractivity contribution is -0.139. The van der Waals surface area contributed by atoms with Crippen LogP contribution in [0.15, 0.2) is 91.0 Å². The van der Waals surface area contributed by atoms with Crippen LogP contribution in [0.2, 0.25) is 0 Å². The molecule has 1 aliphatic rings. The average molecular weight is 540 g/mol. The molecule has 5 rings (SSSR count). The zero-order chi connectivity index (χ0) is 28.1. The largest absolute Gasteiger partial charge is 0.497 e. The summed E-state index contributed by atoms with van der Waals surface area (Å²) in [4.78, 5) is 24.1. The number of rotatable bonds is 10. The van der Waals surface area contributed by atoms with Crippen LogP contribution in [0.5, 0.6) is 17.2 Å². The molecule has 2 N–H and O–H groups in total. The molecule has 0 bridgehead atoms. The molecule has 8 heteroatoms. The van der Waals surface area contributed by atoms with Crippen LogP contribution < -0.4 is 19.5 Å². The zero-order valence-electron chi connectivity index (χ0n) is 22.1. The highest BCUT2D eigenvalue weighted by Crippen LogP contribution is 2.44. The quantitative estimate of drug-likeness (QED) is 0.263. The maximum absolute atomic E-state index is 13.2. The molecule has 0 aliphatic heterocycles. The number of amides is 1. The van der Waals surface area contributed by atoms with Crippen LogP contribution in [0.1, 0.15) is 34.2 Å². The predicted molar refractivity (Wildman–Crippen MR) is 149 cm³/mol. The van der Waals surface area contributed by atoms with Crippen LogP contribution in [-0.2, 0) is 9.53 Å². The monoisotopic (exact) mass is 539 g/mol. The van der Waals surface area contributed by atoms with Crippen molar-refractivity contribution >= 4 is 12.1 Å². The van der Waals surface area contributed by atoms with Gasteiger partial charge in [0.25, 0.3) is 0 Å². The summed E-state index contributed by atoms with van der Waals surface area (Å²) in [6, 6.07) is 27.9. The van der Waals surface area contributed by atoms with Gasteiger partial charge in [-0.2, -0.15) is 0 Å². The molecule has 4 aromatic carbocycles. The molecule has 40 heavy (non-hydrogen) atoms. The number of hydrogen-bond donors (Lipinski definition) is 2. The first-order valence-corrected chi connectivity index (χ1v) is 12.8. The number of carboxylic acids is 1. The SMILES string of the molecule is COc1cc(OC)cc(C(NC(=O)OCC2c3ccccc3-c3ccccc32)c2ccc(OCC(=O)O)cc2)c1. The van der Waals surface area contributed by atoms with Gasteiger partial charge in [0, 0.05) is 12.0 Å². The van der Waals surface area contributed by atoms with Gasteiger partial charge in [0.15, 0.2) is 6.61 Å². The van der Waals surface area contributed by atoms with E-state index in [1.165, 1.54) is 0 Å². The number of carbonyl (C=O) groups is 2. The van der Waals surface area contributed by atoms with E-state index in [0.29, 0.717) is 22.8 Å². The van der Waals surface area contributed by atoms with Crippen LogP contribution >= 0.6 is 0 Å². The summed E-state index contributed by atoms with van der Waals surface area (Å²) in [5.74, 6) is 0.390. The van der Waals surface area contributed by atoms with Gasteiger partial charge in [0.05, 0.1) is 20.3 Å². The number of methoxy groups -OCH3 is 2. The Labute approximate surface area is 232 Å². The third-order valence-electron chi connectivity index (χ3n) is 6.89. The van der Waals surface area contributed by atoms with E-state index in [2.05, 4.69) is 29.6 Å². The van der Waals surface area contributed by atoms with Crippen molar-refractivity contribution < 1.29 is 33.6 Å². The molecule has 1 atom stereocenters. The average Bonchev–Trinajstić information content (AvgIpc) is 3.31. The molecule has 8 nitrogen and oxygen atoms in total. The number of alkyl carbamates (subject to hydrolysis) is 1. The molecular weight excluding hydrogens is 510 g/mol. The fourth-order valence-electron chi connectivity index (χ4n) is 5.01. The van der Waals surface area contributed by atoms with Crippen molar-refractivity contribution in [2.45, 2.75) is 12.0 Å². The van der Waals surface area contributed by atoms with Gasteiger partial charge < -0.3 is 29.4 Å². The fourth-order valence-corrected chi connectivity index (χ4v) is 5.01. The summed E-state index contributed by atoms with van der Waals surface area (Å²) in [5, 5.41) is 11.9. The number of ether oxygens (including phenoxy) is 4. The topological polar surface area (TPSA) is 103 Å². The van der Waals surface area contributed by atoms with E-state index in [4.69, 9.17) is 24.1 Å². The summed E-state index contributed by atoms with van der Waals surface area (Å²) in [6.45, 7) is -0.274. The molecular formula is C32H29NO7. The second kappa shape index (κ2) is 11.8.